The van der Waals surface area contributed by atoms with Crippen LogP contribution in [-0.4, -0.2) is 56.8 Å². The van der Waals surface area contributed by atoms with Crippen LogP contribution in [0.3, 0.4) is 0 Å². The fourth-order valence-corrected chi connectivity index (χ4v) is 4.64. The minimum absolute atomic E-state index is 0.0316. The Labute approximate surface area is 165 Å². The Kier molecular flexibility index (Phi) is 5.83. The van der Waals surface area contributed by atoms with E-state index in [1.807, 2.05) is 0 Å². The number of methoxy groups -OCH3 is 1. The molecule has 1 fully saturated rings. The number of piperazine rings is 1. The number of carbonyl (C=O) groups is 1. The van der Waals surface area contributed by atoms with Gasteiger partial charge in [0, 0.05) is 30.7 Å². The molecule has 0 aromatic heterocycles. The van der Waals surface area contributed by atoms with Gasteiger partial charge in [0.15, 0.2) is 0 Å². The molecule has 0 bridgehead atoms. The maximum Gasteiger partial charge on any atom is 0.256 e. The van der Waals surface area contributed by atoms with Gasteiger partial charge in [-0.25, -0.2) is 12.8 Å². The molecular weight excluding hydrogens is 439 g/mol. The van der Waals surface area contributed by atoms with Crippen LogP contribution in [0.25, 0.3) is 0 Å². The molecule has 27 heavy (non-hydrogen) atoms. The number of benzene rings is 2. The quantitative estimate of drug-likeness (QED) is 0.709. The Balaban J connectivity index is 1.70. The highest BCUT2D eigenvalue weighted by Gasteiger charge is 2.31. The molecule has 1 aliphatic heterocycles. The lowest BCUT2D eigenvalue weighted by atomic mass is 10.1. The second-order valence-electron chi connectivity index (χ2n) is 6.00. The second-order valence-corrected chi connectivity index (χ2v) is 8.85. The molecule has 1 aliphatic rings. The van der Waals surface area contributed by atoms with Crippen LogP contribution >= 0.6 is 15.9 Å². The second kappa shape index (κ2) is 7.95. The van der Waals surface area contributed by atoms with Gasteiger partial charge in [-0.1, -0.05) is 15.9 Å². The van der Waals surface area contributed by atoms with Gasteiger partial charge in [-0.2, -0.15) is 4.31 Å². The summed E-state index contributed by atoms with van der Waals surface area (Å²) in [4.78, 5) is 14.2. The topological polar surface area (TPSA) is 66.9 Å². The van der Waals surface area contributed by atoms with Crippen molar-refractivity contribution in [3.8, 4) is 5.75 Å². The lowest BCUT2D eigenvalue weighted by Crippen LogP contribution is -2.50. The van der Waals surface area contributed by atoms with Crippen LogP contribution < -0.4 is 4.74 Å². The molecule has 144 valence electrons. The normalized spacial score (nSPS) is 15.6. The molecule has 1 saturated heterocycles. The summed E-state index contributed by atoms with van der Waals surface area (Å²) < 4.78 is 46.4. The van der Waals surface area contributed by atoms with Crippen LogP contribution in [0, 0.1) is 5.82 Å². The zero-order chi connectivity index (χ0) is 19.6. The summed E-state index contributed by atoms with van der Waals surface area (Å²) in [6.45, 7) is 0.686. The molecule has 0 radical (unpaired) electrons. The maximum atomic E-state index is 13.9. The van der Waals surface area contributed by atoms with Gasteiger partial charge in [0.2, 0.25) is 10.0 Å². The van der Waals surface area contributed by atoms with Gasteiger partial charge in [0.05, 0.1) is 17.6 Å². The molecule has 0 aliphatic carbocycles. The van der Waals surface area contributed by atoms with Crippen LogP contribution in [-0.2, 0) is 10.0 Å². The molecule has 0 N–H and O–H groups in total. The van der Waals surface area contributed by atoms with E-state index in [2.05, 4.69) is 15.9 Å². The molecular formula is C18H18BrFN2O4S. The fourth-order valence-electron chi connectivity index (χ4n) is 2.86. The first kappa shape index (κ1) is 19.8. The standard InChI is InChI=1S/C18H18BrFN2O4S/c1-26-14-3-5-15(6-4-14)27(24,25)22-10-8-21(9-11-22)18(23)16-12-13(19)2-7-17(16)20/h2-7,12H,8-11H2,1H3. The summed E-state index contributed by atoms with van der Waals surface area (Å²) in [5.74, 6) is -0.479. The van der Waals surface area contributed by atoms with E-state index in [0.717, 1.165) is 0 Å². The third-order valence-electron chi connectivity index (χ3n) is 4.38. The van der Waals surface area contributed by atoms with Crippen molar-refractivity contribution < 1.29 is 22.3 Å². The van der Waals surface area contributed by atoms with Crippen LogP contribution in [0.5, 0.6) is 5.75 Å². The van der Waals surface area contributed by atoms with Crippen LogP contribution in [0.15, 0.2) is 51.8 Å². The minimum Gasteiger partial charge on any atom is -0.497 e. The van der Waals surface area contributed by atoms with Crippen LogP contribution in [0.1, 0.15) is 10.4 Å². The SMILES string of the molecule is COc1ccc(S(=O)(=O)N2CCN(C(=O)c3cc(Br)ccc3F)CC2)cc1. The van der Waals surface area contributed by atoms with E-state index in [0.29, 0.717) is 10.2 Å². The van der Waals surface area contributed by atoms with E-state index in [1.54, 1.807) is 12.1 Å². The van der Waals surface area contributed by atoms with Crippen LogP contribution in [0.4, 0.5) is 4.39 Å². The first-order valence-electron chi connectivity index (χ1n) is 8.21. The molecule has 1 heterocycles. The molecule has 2 aromatic rings. The van der Waals surface area contributed by atoms with Crippen molar-refractivity contribution in [3.63, 3.8) is 0 Å². The highest BCUT2D eigenvalue weighted by Crippen LogP contribution is 2.22. The zero-order valence-corrected chi connectivity index (χ0v) is 17.0. The number of carbonyl (C=O) groups excluding carboxylic acids is 1. The lowest BCUT2D eigenvalue weighted by Gasteiger charge is -2.34. The first-order chi connectivity index (χ1) is 12.8. The Hall–Kier alpha value is -1.97. The van der Waals surface area contributed by atoms with Crippen molar-refractivity contribution in [2.45, 2.75) is 4.90 Å². The molecule has 0 saturated carbocycles. The average Bonchev–Trinajstić information content (AvgIpc) is 2.69. The maximum absolute atomic E-state index is 13.9. The highest BCUT2D eigenvalue weighted by atomic mass is 79.9. The third-order valence-corrected chi connectivity index (χ3v) is 6.79. The van der Waals surface area contributed by atoms with E-state index in [-0.39, 0.29) is 36.6 Å². The van der Waals surface area contributed by atoms with Gasteiger partial charge in [-0.15, -0.1) is 0 Å². The first-order valence-corrected chi connectivity index (χ1v) is 10.4. The fraction of sp³-hybridized carbons (Fsp3) is 0.278. The Morgan fingerprint density at radius 1 is 1.07 bits per heavy atom. The summed E-state index contributed by atoms with van der Waals surface area (Å²) in [6, 6.07) is 10.3. The number of hydrogen-bond acceptors (Lipinski definition) is 4. The van der Waals surface area contributed by atoms with Crippen molar-refractivity contribution in [1.82, 2.24) is 9.21 Å². The van der Waals surface area contributed by atoms with E-state index < -0.39 is 21.7 Å². The van der Waals surface area contributed by atoms with Gasteiger partial charge in [0.25, 0.3) is 5.91 Å². The van der Waals surface area contributed by atoms with Crippen molar-refractivity contribution in [1.29, 1.82) is 0 Å². The number of sulfonamides is 1. The van der Waals surface area contributed by atoms with Gasteiger partial charge >= 0.3 is 0 Å². The number of hydrogen-bond donors (Lipinski definition) is 0. The number of nitrogens with zero attached hydrogens (tertiary/aromatic N) is 2. The smallest absolute Gasteiger partial charge is 0.256 e. The largest absolute Gasteiger partial charge is 0.497 e. The molecule has 0 spiro atoms. The molecule has 9 heteroatoms. The molecule has 0 atom stereocenters. The molecule has 6 nitrogen and oxygen atoms in total. The van der Waals surface area contributed by atoms with Gasteiger partial charge in [-0.3, -0.25) is 4.79 Å². The van der Waals surface area contributed by atoms with E-state index in [4.69, 9.17) is 4.74 Å². The third kappa shape index (κ3) is 4.15. The van der Waals surface area contributed by atoms with Gasteiger partial charge in [-0.05, 0) is 42.5 Å². The summed E-state index contributed by atoms with van der Waals surface area (Å²) in [5, 5.41) is 0. The van der Waals surface area contributed by atoms with Crippen LogP contribution in [0.2, 0.25) is 0 Å². The van der Waals surface area contributed by atoms with Crippen molar-refractivity contribution in [3.05, 3.63) is 58.3 Å². The van der Waals surface area contributed by atoms with Crippen molar-refractivity contribution >= 4 is 31.9 Å². The molecule has 1 amide bonds. The van der Waals surface area contributed by atoms with Gasteiger partial charge in [0.1, 0.15) is 11.6 Å². The molecule has 2 aromatic carbocycles. The van der Waals surface area contributed by atoms with Gasteiger partial charge < -0.3 is 9.64 Å². The Morgan fingerprint density at radius 2 is 1.70 bits per heavy atom. The monoisotopic (exact) mass is 456 g/mol. The lowest BCUT2D eigenvalue weighted by molar-refractivity contribution is 0.0693. The molecule has 3 rings (SSSR count). The average molecular weight is 457 g/mol. The Bertz CT molecular complexity index is 942. The molecule has 0 unspecified atom stereocenters. The van der Waals surface area contributed by atoms with E-state index in [1.165, 1.54) is 46.6 Å². The number of rotatable bonds is 4. The summed E-state index contributed by atoms with van der Waals surface area (Å²) in [5.41, 5.74) is -0.0316. The summed E-state index contributed by atoms with van der Waals surface area (Å²) in [6.07, 6.45) is 0. The number of halogens is 2. The van der Waals surface area contributed by atoms with Crippen molar-refractivity contribution in [2.24, 2.45) is 0 Å². The van der Waals surface area contributed by atoms with E-state index in [9.17, 15) is 17.6 Å². The number of amides is 1. The summed E-state index contributed by atoms with van der Waals surface area (Å²) >= 11 is 3.23. The highest BCUT2D eigenvalue weighted by molar-refractivity contribution is 9.10. The predicted molar refractivity (Wildman–Crippen MR) is 102 cm³/mol. The Morgan fingerprint density at radius 3 is 2.30 bits per heavy atom. The van der Waals surface area contributed by atoms with E-state index >= 15 is 0 Å². The van der Waals surface area contributed by atoms with Crippen molar-refractivity contribution in [2.75, 3.05) is 33.3 Å². The minimum atomic E-state index is -3.66. The predicted octanol–water partition coefficient (Wildman–Crippen LogP) is 2.74. The number of ether oxygens (including phenoxy) is 1. The summed E-state index contributed by atoms with van der Waals surface area (Å²) in [7, 11) is -2.15. The zero-order valence-electron chi connectivity index (χ0n) is 14.6.